The number of esters is 2. The Morgan fingerprint density at radius 1 is 0.559 bits per heavy atom. The minimum Gasteiger partial charge on any atom is -0.423 e. The SMILES string of the molecule is Cc1ccc(C(=O)Oc2ccc(C(C)(C)c3ccc(OC(=O)c4ccccc4)cc3)cc2)cc1. The molecule has 0 aromatic heterocycles. The summed E-state index contributed by atoms with van der Waals surface area (Å²) >= 11 is 0. The van der Waals surface area contributed by atoms with Crippen molar-refractivity contribution in [3.05, 3.63) is 131 Å². The first-order valence-corrected chi connectivity index (χ1v) is 11.1. The Labute approximate surface area is 199 Å². The monoisotopic (exact) mass is 450 g/mol. The third-order valence-corrected chi connectivity index (χ3v) is 5.87. The average Bonchev–Trinajstić information content (AvgIpc) is 2.85. The first-order valence-electron chi connectivity index (χ1n) is 11.1. The number of hydrogen-bond donors (Lipinski definition) is 0. The minimum absolute atomic E-state index is 0.304. The summed E-state index contributed by atoms with van der Waals surface area (Å²) in [6.07, 6.45) is 0. The normalized spacial score (nSPS) is 11.0. The van der Waals surface area contributed by atoms with E-state index in [0.717, 1.165) is 16.7 Å². The predicted octanol–water partition coefficient (Wildman–Crippen LogP) is 6.76. The molecular weight excluding hydrogens is 424 g/mol. The van der Waals surface area contributed by atoms with Crippen LogP contribution < -0.4 is 9.47 Å². The van der Waals surface area contributed by atoms with Crippen molar-refractivity contribution < 1.29 is 19.1 Å². The number of benzene rings is 4. The van der Waals surface area contributed by atoms with Gasteiger partial charge in [-0.2, -0.15) is 0 Å². The van der Waals surface area contributed by atoms with E-state index in [-0.39, 0.29) is 17.4 Å². The molecule has 0 aliphatic carbocycles. The average molecular weight is 451 g/mol. The van der Waals surface area contributed by atoms with Crippen molar-refractivity contribution in [2.75, 3.05) is 0 Å². The van der Waals surface area contributed by atoms with Crippen molar-refractivity contribution in [2.45, 2.75) is 26.2 Å². The smallest absolute Gasteiger partial charge is 0.343 e. The van der Waals surface area contributed by atoms with Crippen LogP contribution in [0.25, 0.3) is 0 Å². The second-order valence-electron chi connectivity index (χ2n) is 8.68. The van der Waals surface area contributed by atoms with Gasteiger partial charge in [0.05, 0.1) is 11.1 Å². The molecule has 0 fully saturated rings. The van der Waals surface area contributed by atoms with Gasteiger partial charge >= 0.3 is 11.9 Å². The minimum atomic E-state index is -0.386. The third-order valence-electron chi connectivity index (χ3n) is 5.87. The molecular formula is C30H26O4. The molecule has 0 aliphatic rings. The van der Waals surface area contributed by atoms with E-state index >= 15 is 0 Å². The van der Waals surface area contributed by atoms with Crippen molar-refractivity contribution in [1.29, 1.82) is 0 Å². The molecule has 0 radical (unpaired) electrons. The van der Waals surface area contributed by atoms with Crippen LogP contribution in [0.5, 0.6) is 11.5 Å². The number of rotatable bonds is 6. The summed E-state index contributed by atoms with van der Waals surface area (Å²) < 4.78 is 11.0. The summed E-state index contributed by atoms with van der Waals surface area (Å²) in [5, 5.41) is 0. The fraction of sp³-hybridized carbons (Fsp3) is 0.133. The zero-order valence-corrected chi connectivity index (χ0v) is 19.4. The summed E-state index contributed by atoms with van der Waals surface area (Å²) in [6, 6.07) is 31.2. The van der Waals surface area contributed by atoms with Crippen LogP contribution in [0.3, 0.4) is 0 Å². The number of aryl methyl sites for hydroxylation is 1. The molecule has 0 atom stereocenters. The van der Waals surface area contributed by atoms with E-state index in [4.69, 9.17) is 9.47 Å². The quantitative estimate of drug-likeness (QED) is 0.241. The summed E-state index contributed by atoms with van der Waals surface area (Å²) in [7, 11) is 0. The van der Waals surface area contributed by atoms with Crippen molar-refractivity contribution in [2.24, 2.45) is 0 Å². The second-order valence-corrected chi connectivity index (χ2v) is 8.68. The van der Waals surface area contributed by atoms with Crippen LogP contribution in [0.4, 0.5) is 0 Å². The molecule has 4 rings (SSSR count). The number of carbonyl (C=O) groups excluding carboxylic acids is 2. The van der Waals surface area contributed by atoms with Crippen LogP contribution in [0.1, 0.15) is 51.3 Å². The van der Waals surface area contributed by atoms with Crippen molar-refractivity contribution in [3.63, 3.8) is 0 Å². The van der Waals surface area contributed by atoms with Crippen molar-refractivity contribution in [1.82, 2.24) is 0 Å². The van der Waals surface area contributed by atoms with E-state index in [0.29, 0.717) is 22.6 Å². The Balaban J connectivity index is 1.43. The maximum Gasteiger partial charge on any atom is 0.343 e. The molecule has 4 nitrogen and oxygen atoms in total. The van der Waals surface area contributed by atoms with Crippen LogP contribution in [0.15, 0.2) is 103 Å². The van der Waals surface area contributed by atoms with Crippen molar-refractivity contribution >= 4 is 11.9 Å². The van der Waals surface area contributed by atoms with Gasteiger partial charge in [-0.1, -0.05) is 74.0 Å². The van der Waals surface area contributed by atoms with Gasteiger partial charge in [0.25, 0.3) is 0 Å². The Kier molecular flexibility index (Phi) is 6.60. The van der Waals surface area contributed by atoms with Crippen LogP contribution >= 0.6 is 0 Å². The second kappa shape index (κ2) is 9.75. The van der Waals surface area contributed by atoms with E-state index < -0.39 is 0 Å². The van der Waals surface area contributed by atoms with Crippen LogP contribution in [0.2, 0.25) is 0 Å². The highest BCUT2D eigenvalue weighted by Gasteiger charge is 2.23. The van der Waals surface area contributed by atoms with Gasteiger partial charge in [-0.05, 0) is 66.6 Å². The van der Waals surface area contributed by atoms with Gasteiger partial charge in [-0.3, -0.25) is 0 Å². The highest BCUT2D eigenvalue weighted by Crippen LogP contribution is 2.33. The first kappa shape index (κ1) is 23.0. The molecule has 0 aliphatic heterocycles. The fourth-order valence-electron chi connectivity index (χ4n) is 3.64. The lowest BCUT2D eigenvalue weighted by Gasteiger charge is -2.26. The van der Waals surface area contributed by atoms with Gasteiger partial charge in [-0.25, -0.2) is 9.59 Å². The van der Waals surface area contributed by atoms with Gasteiger partial charge in [0, 0.05) is 5.41 Å². The van der Waals surface area contributed by atoms with E-state index in [1.807, 2.05) is 49.4 Å². The summed E-state index contributed by atoms with van der Waals surface area (Å²) in [5.74, 6) is 0.219. The van der Waals surface area contributed by atoms with E-state index in [2.05, 4.69) is 13.8 Å². The highest BCUT2D eigenvalue weighted by molar-refractivity contribution is 5.91. The summed E-state index contributed by atoms with van der Waals surface area (Å²) in [6.45, 7) is 6.21. The zero-order chi connectivity index (χ0) is 24.1. The maximum atomic E-state index is 12.4. The molecule has 0 unspecified atom stereocenters. The molecule has 0 spiro atoms. The van der Waals surface area contributed by atoms with E-state index in [9.17, 15) is 9.59 Å². The molecule has 0 N–H and O–H groups in total. The van der Waals surface area contributed by atoms with Gasteiger partial charge in [0.15, 0.2) is 0 Å². The maximum absolute atomic E-state index is 12.4. The molecule has 0 bridgehead atoms. The Morgan fingerprint density at radius 2 is 0.971 bits per heavy atom. The third kappa shape index (κ3) is 5.24. The van der Waals surface area contributed by atoms with Crippen LogP contribution in [-0.2, 0) is 5.41 Å². The molecule has 0 saturated carbocycles. The number of ether oxygens (including phenoxy) is 2. The van der Waals surface area contributed by atoms with Crippen molar-refractivity contribution in [3.8, 4) is 11.5 Å². The van der Waals surface area contributed by atoms with Gasteiger partial charge < -0.3 is 9.47 Å². The van der Waals surface area contributed by atoms with Gasteiger partial charge in [0.2, 0.25) is 0 Å². The standard InChI is InChI=1S/C30H26O4/c1-21-9-11-23(12-10-21)29(32)34-27-19-15-25(16-20-27)30(2,3)24-13-17-26(18-14-24)33-28(31)22-7-5-4-6-8-22/h4-20H,1-3H3. The Hall–Kier alpha value is -4.18. The lowest BCUT2D eigenvalue weighted by molar-refractivity contribution is 0.0725. The molecule has 0 heterocycles. The number of carbonyl (C=O) groups is 2. The first-order chi connectivity index (χ1) is 16.3. The lowest BCUT2D eigenvalue weighted by atomic mass is 9.78. The fourth-order valence-corrected chi connectivity index (χ4v) is 3.64. The molecule has 0 saturated heterocycles. The van der Waals surface area contributed by atoms with Gasteiger partial charge in [-0.15, -0.1) is 0 Å². The molecule has 0 amide bonds. The molecule has 4 heteroatoms. The predicted molar refractivity (Wildman–Crippen MR) is 133 cm³/mol. The van der Waals surface area contributed by atoms with E-state index in [1.165, 1.54) is 0 Å². The zero-order valence-electron chi connectivity index (χ0n) is 19.4. The summed E-state index contributed by atoms with van der Waals surface area (Å²) in [4.78, 5) is 24.6. The van der Waals surface area contributed by atoms with Gasteiger partial charge in [0.1, 0.15) is 11.5 Å². The molecule has 4 aromatic carbocycles. The Morgan fingerprint density at radius 3 is 1.41 bits per heavy atom. The topological polar surface area (TPSA) is 52.6 Å². The largest absolute Gasteiger partial charge is 0.423 e. The van der Waals surface area contributed by atoms with Crippen LogP contribution in [-0.4, -0.2) is 11.9 Å². The molecule has 34 heavy (non-hydrogen) atoms. The molecule has 170 valence electrons. The van der Waals surface area contributed by atoms with Crippen LogP contribution in [0, 0.1) is 6.92 Å². The molecule has 4 aromatic rings. The highest BCUT2D eigenvalue weighted by atomic mass is 16.5. The summed E-state index contributed by atoms with van der Waals surface area (Å²) in [5.41, 5.74) is 3.94. The Bertz CT molecular complexity index is 1270. The number of hydrogen-bond acceptors (Lipinski definition) is 4. The van der Waals surface area contributed by atoms with E-state index in [1.54, 1.807) is 60.7 Å². The lowest BCUT2D eigenvalue weighted by Crippen LogP contribution is -2.19.